The highest BCUT2D eigenvalue weighted by Gasteiger charge is 2.41. The zero-order chi connectivity index (χ0) is 21.7. The molecule has 32 heavy (non-hydrogen) atoms. The molecule has 3 aliphatic carbocycles. The molecule has 0 radical (unpaired) electrons. The van der Waals surface area contributed by atoms with Crippen LogP contribution in [0.4, 0.5) is 0 Å². The van der Waals surface area contributed by atoms with Gasteiger partial charge in [-0.25, -0.2) is 0 Å². The zero-order valence-electron chi connectivity index (χ0n) is 18.6. The van der Waals surface area contributed by atoms with Crippen molar-refractivity contribution in [3.05, 3.63) is 94.0 Å². The summed E-state index contributed by atoms with van der Waals surface area (Å²) in [4.78, 5) is 21.4. The maximum Gasteiger partial charge on any atom is 0.155 e. The predicted octanol–water partition coefficient (Wildman–Crippen LogP) is 5.73. The largest absolute Gasteiger partial charge is 0.295 e. The van der Waals surface area contributed by atoms with E-state index in [1.165, 1.54) is 33.3 Å². The molecule has 2 atom stereocenters. The highest BCUT2D eigenvalue weighted by atomic mass is 16.1. The van der Waals surface area contributed by atoms with Gasteiger partial charge in [0.15, 0.2) is 5.78 Å². The van der Waals surface area contributed by atoms with Crippen molar-refractivity contribution in [2.75, 3.05) is 0 Å². The van der Waals surface area contributed by atoms with Crippen molar-refractivity contribution in [1.82, 2.24) is 9.97 Å². The Hall–Kier alpha value is -3.07. The molecule has 1 aromatic carbocycles. The Bertz CT molecular complexity index is 1300. The van der Waals surface area contributed by atoms with Crippen molar-refractivity contribution in [3.8, 4) is 0 Å². The molecule has 160 valence electrons. The van der Waals surface area contributed by atoms with Crippen molar-refractivity contribution in [3.63, 3.8) is 0 Å². The van der Waals surface area contributed by atoms with Gasteiger partial charge in [0.25, 0.3) is 0 Å². The van der Waals surface area contributed by atoms with Gasteiger partial charge >= 0.3 is 0 Å². The van der Waals surface area contributed by atoms with Crippen molar-refractivity contribution < 1.29 is 4.79 Å². The van der Waals surface area contributed by atoms with Crippen molar-refractivity contribution >= 4 is 16.7 Å². The van der Waals surface area contributed by atoms with Crippen LogP contribution < -0.4 is 0 Å². The minimum absolute atomic E-state index is 0.295. The third-order valence-electron chi connectivity index (χ3n) is 7.61. The molecule has 0 saturated heterocycles. The molecule has 3 aliphatic rings. The number of ketones is 1. The molecule has 0 N–H and O–H groups in total. The van der Waals surface area contributed by atoms with Gasteiger partial charge in [-0.3, -0.25) is 14.8 Å². The molecule has 0 spiro atoms. The Morgan fingerprint density at radius 2 is 1.94 bits per heavy atom. The highest BCUT2D eigenvalue weighted by Crippen LogP contribution is 2.52. The van der Waals surface area contributed by atoms with Gasteiger partial charge in [-0.2, -0.15) is 0 Å². The average molecular weight is 421 g/mol. The molecular weight excluding hydrogens is 392 g/mol. The van der Waals surface area contributed by atoms with Crippen LogP contribution >= 0.6 is 0 Å². The molecular formula is C29H28N2O. The van der Waals surface area contributed by atoms with E-state index in [9.17, 15) is 4.79 Å². The van der Waals surface area contributed by atoms with Gasteiger partial charge in [0.05, 0.1) is 5.52 Å². The van der Waals surface area contributed by atoms with E-state index in [0.29, 0.717) is 17.6 Å². The van der Waals surface area contributed by atoms with Crippen LogP contribution in [-0.2, 0) is 30.5 Å². The van der Waals surface area contributed by atoms with Gasteiger partial charge in [-0.05, 0) is 78.5 Å². The summed E-state index contributed by atoms with van der Waals surface area (Å²) in [5, 5.41) is 1.20. The summed E-state index contributed by atoms with van der Waals surface area (Å²) in [7, 11) is 0. The first-order valence-corrected chi connectivity index (χ1v) is 11.9. The van der Waals surface area contributed by atoms with Crippen LogP contribution in [0.25, 0.3) is 10.9 Å². The number of aryl methyl sites for hydroxylation is 1. The minimum atomic E-state index is 0.295. The second-order valence-corrected chi connectivity index (χ2v) is 9.62. The average Bonchev–Trinajstić information content (AvgIpc) is 3.48. The second-order valence-electron chi connectivity index (χ2n) is 9.62. The van der Waals surface area contributed by atoms with Gasteiger partial charge in [0.1, 0.15) is 0 Å². The fourth-order valence-electron chi connectivity index (χ4n) is 5.83. The van der Waals surface area contributed by atoms with E-state index >= 15 is 0 Å². The van der Waals surface area contributed by atoms with Crippen molar-refractivity contribution in [1.29, 1.82) is 0 Å². The van der Waals surface area contributed by atoms with Crippen LogP contribution in [0.2, 0.25) is 0 Å². The number of aromatic nitrogens is 2. The molecule has 0 bridgehead atoms. The Morgan fingerprint density at radius 1 is 1.06 bits per heavy atom. The molecule has 0 aliphatic heterocycles. The Balaban J connectivity index is 1.26. The number of rotatable bonds is 5. The SMILES string of the molecule is CCc1cnc2c(c1Cc1cnc3ccccc3c1)CC1=C(C2)C1CC1CC=CC(=O)C1. The summed E-state index contributed by atoms with van der Waals surface area (Å²) in [6, 6.07) is 10.6. The molecule has 2 aromatic heterocycles. The number of para-hydroxylation sites is 1. The molecule has 3 aromatic rings. The number of carbonyl (C=O) groups excluding carboxylic acids is 1. The van der Waals surface area contributed by atoms with Gasteiger partial charge in [0.2, 0.25) is 0 Å². The van der Waals surface area contributed by atoms with Gasteiger partial charge in [0, 0.05) is 42.2 Å². The van der Waals surface area contributed by atoms with Crippen molar-refractivity contribution in [2.45, 2.75) is 51.9 Å². The number of benzene rings is 1. The lowest BCUT2D eigenvalue weighted by molar-refractivity contribution is -0.115. The van der Waals surface area contributed by atoms with Gasteiger partial charge in [-0.15, -0.1) is 0 Å². The van der Waals surface area contributed by atoms with Crippen molar-refractivity contribution in [2.24, 2.45) is 11.8 Å². The smallest absolute Gasteiger partial charge is 0.155 e. The zero-order valence-corrected chi connectivity index (χ0v) is 18.6. The lowest BCUT2D eigenvalue weighted by atomic mass is 9.87. The lowest BCUT2D eigenvalue weighted by Gasteiger charge is -2.18. The van der Waals surface area contributed by atoms with Crippen LogP contribution in [0.15, 0.2) is 66.0 Å². The molecule has 0 fully saturated rings. The molecule has 3 nitrogen and oxygen atoms in total. The third-order valence-corrected chi connectivity index (χ3v) is 7.61. The number of hydrogen-bond acceptors (Lipinski definition) is 3. The van der Waals surface area contributed by atoms with Crippen LogP contribution in [0, 0.1) is 11.8 Å². The maximum absolute atomic E-state index is 11.8. The van der Waals surface area contributed by atoms with Crippen LogP contribution in [0.1, 0.15) is 54.1 Å². The monoisotopic (exact) mass is 420 g/mol. The second kappa shape index (κ2) is 7.81. The first-order valence-electron chi connectivity index (χ1n) is 11.9. The quantitative estimate of drug-likeness (QED) is 0.495. The third kappa shape index (κ3) is 3.50. The number of nitrogens with zero attached hydrogens (tertiary/aromatic N) is 2. The summed E-state index contributed by atoms with van der Waals surface area (Å²) in [5.74, 6) is 1.41. The lowest BCUT2D eigenvalue weighted by Crippen LogP contribution is -2.12. The molecule has 2 heterocycles. The van der Waals surface area contributed by atoms with E-state index in [2.05, 4.69) is 43.5 Å². The summed E-state index contributed by atoms with van der Waals surface area (Å²) < 4.78 is 0. The number of pyridine rings is 2. The first-order chi connectivity index (χ1) is 15.7. The van der Waals surface area contributed by atoms with E-state index < -0.39 is 0 Å². The van der Waals surface area contributed by atoms with Gasteiger partial charge < -0.3 is 0 Å². The Morgan fingerprint density at radius 3 is 2.81 bits per heavy atom. The van der Waals surface area contributed by atoms with E-state index in [1.807, 2.05) is 12.3 Å². The normalized spacial score (nSPS) is 21.6. The maximum atomic E-state index is 11.8. The van der Waals surface area contributed by atoms with Crippen LogP contribution in [0.3, 0.4) is 0 Å². The van der Waals surface area contributed by atoms with Crippen LogP contribution in [-0.4, -0.2) is 15.8 Å². The summed E-state index contributed by atoms with van der Waals surface area (Å²) in [5.41, 5.74) is 11.1. The highest BCUT2D eigenvalue weighted by molar-refractivity contribution is 5.90. The fraction of sp³-hybridized carbons (Fsp3) is 0.345. The number of hydrogen-bond donors (Lipinski definition) is 0. The molecule has 0 saturated carbocycles. The Labute approximate surface area is 189 Å². The standard InChI is InChI=1S/C29H28N2O/c1-2-20-17-31-29-15-26-24(12-18-6-5-8-22(32)11-18)25(26)14-27(29)23(20)13-19-10-21-7-3-4-9-28(21)30-16-19/h3-5,7-10,16-18,24H,2,6,11-15H2,1H3. The fourth-order valence-corrected chi connectivity index (χ4v) is 5.83. The van der Waals surface area contributed by atoms with E-state index in [0.717, 1.165) is 50.5 Å². The molecule has 3 heteroatoms. The topological polar surface area (TPSA) is 42.9 Å². The summed E-state index contributed by atoms with van der Waals surface area (Å²) in [6.07, 6.45) is 14.8. The number of carbonyl (C=O) groups is 1. The summed E-state index contributed by atoms with van der Waals surface area (Å²) >= 11 is 0. The number of fused-ring (bicyclic) bond motifs is 2. The van der Waals surface area contributed by atoms with Crippen LogP contribution in [0.5, 0.6) is 0 Å². The van der Waals surface area contributed by atoms with E-state index in [1.54, 1.807) is 17.2 Å². The molecule has 0 amide bonds. The summed E-state index contributed by atoms with van der Waals surface area (Å²) in [6.45, 7) is 2.23. The molecule has 6 rings (SSSR count). The Kier molecular flexibility index (Phi) is 4.78. The number of allylic oxidation sites excluding steroid dienone is 4. The van der Waals surface area contributed by atoms with E-state index in [-0.39, 0.29) is 0 Å². The first kappa shape index (κ1) is 19.6. The predicted molar refractivity (Wildman–Crippen MR) is 128 cm³/mol. The minimum Gasteiger partial charge on any atom is -0.295 e. The van der Waals surface area contributed by atoms with Gasteiger partial charge in [-0.1, -0.05) is 42.3 Å². The molecule has 2 unspecified atom stereocenters. The van der Waals surface area contributed by atoms with E-state index in [4.69, 9.17) is 9.97 Å².